The summed E-state index contributed by atoms with van der Waals surface area (Å²) in [6.45, 7) is 5.51. The maximum Gasteiger partial charge on any atom is 0.157 e. The van der Waals surface area contributed by atoms with Crippen molar-refractivity contribution in [3.63, 3.8) is 0 Å². The fraction of sp³-hybridized carbons (Fsp3) is 0.727. The van der Waals surface area contributed by atoms with Gasteiger partial charge in [-0.15, -0.1) is 0 Å². The first kappa shape index (κ1) is 10.3. The zero-order chi connectivity index (χ0) is 9.84. The van der Waals surface area contributed by atoms with Crippen LogP contribution < -0.4 is 0 Å². The van der Waals surface area contributed by atoms with Crippen molar-refractivity contribution in [1.82, 2.24) is 4.90 Å². The summed E-state index contributed by atoms with van der Waals surface area (Å²) in [6, 6.07) is 0. The Labute approximate surface area is 80.6 Å². The average Bonchev–Trinajstić information content (AvgIpc) is 2.47. The Bertz CT molecular complexity index is 218. The number of ketones is 1. The molecule has 1 rings (SSSR count). The maximum absolute atomic E-state index is 11.0. The van der Waals surface area contributed by atoms with E-state index in [0.29, 0.717) is 6.42 Å². The third-order valence-corrected chi connectivity index (χ3v) is 2.49. The van der Waals surface area contributed by atoms with Gasteiger partial charge in [-0.3, -0.25) is 4.79 Å². The summed E-state index contributed by atoms with van der Waals surface area (Å²) in [4.78, 5) is 13.2. The highest BCUT2D eigenvalue weighted by atomic mass is 16.1. The third kappa shape index (κ3) is 3.21. The van der Waals surface area contributed by atoms with E-state index in [1.54, 1.807) is 6.08 Å². The van der Waals surface area contributed by atoms with E-state index in [1.807, 2.05) is 0 Å². The molecule has 1 aliphatic rings. The van der Waals surface area contributed by atoms with Crippen LogP contribution in [0, 0.1) is 5.92 Å². The number of rotatable bonds is 4. The molecular weight excluding hydrogens is 162 g/mol. The van der Waals surface area contributed by atoms with Crippen molar-refractivity contribution in [2.24, 2.45) is 5.92 Å². The number of nitrogens with zero attached hydrogens (tertiary/aromatic N) is 1. The molecule has 0 radical (unpaired) electrons. The number of allylic oxidation sites excluding steroid dienone is 2. The highest BCUT2D eigenvalue weighted by molar-refractivity contribution is 5.92. The summed E-state index contributed by atoms with van der Waals surface area (Å²) < 4.78 is 0. The van der Waals surface area contributed by atoms with E-state index in [0.717, 1.165) is 18.9 Å². The molecule has 0 amide bonds. The average molecular weight is 181 g/mol. The second-order valence-corrected chi connectivity index (χ2v) is 4.21. The van der Waals surface area contributed by atoms with Crippen LogP contribution >= 0.6 is 0 Å². The zero-order valence-electron chi connectivity index (χ0n) is 8.84. The third-order valence-electron chi connectivity index (χ3n) is 2.49. The molecule has 0 bridgehead atoms. The van der Waals surface area contributed by atoms with Gasteiger partial charge in [0.25, 0.3) is 0 Å². The molecule has 0 aromatic carbocycles. The Hall–Kier alpha value is -0.790. The molecule has 0 N–H and O–H groups in total. The van der Waals surface area contributed by atoms with E-state index in [2.05, 4.69) is 25.8 Å². The second kappa shape index (κ2) is 4.45. The summed E-state index contributed by atoms with van der Waals surface area (Å²) in [5.74, 6) is 1.02. The van der Waals surface area contributed by atoms with Crippen LogP contribution in [-0.2, 0) is 4.79 Å². The summed E-state index contributed by atoms with van der Waals surface area (Å²) in [7, 11) is 2.08. The molecule has 74 valence electrons. The molecule has 0 heterocycles. The van der Waals surface area contributed by atoms with Gasteiger partial charge in [-0.25, -0.2) is 0 Å². The number of hydrogen-bond acceptors (Lipinski definition) is 2. The molecular formula is C11H19NO. The van der Waals surface area contributed by atoms with Crippen molar-refractivity contribution in [1.29, 1.82) is 0 Å². The van der Waals surface area contributed by atoms with Crippen LogP contribution in [0.1, 0.15) is 33.1 Å². The van der Waals surface area contributed by atoms with Crippen molar-refractivity contribution in [2.75, 3.05) is 13.6 Å². The summed E-state index contributed by atoms with van der Waals surface area (Å²) in [5.41, 5.74) is 1.21. The van der Waals surface area contributed by atoms with Crippen LogP contribution in [0.4, 0.5) is 0 Å². The minimum Gasteiger partial charge on any atom is -0.378 e. The van der Waals surface area contributed by atoms with Gasteiger partial charge in [0.05, 0.1) is 0 Å². The monoisotopic (exact) mass is 181 g/mol. The van der Waals surface area contributed by atoms with Crippen LogP contribution in [0.25, 0.3) is 0 Å². The van der Waals surface area contributed by atoms with Crippen molar-refractivity contribution in [3.05, 3.63) is 11.8 Å². The van der Waals surface area contributed by atoms with Gasteiger partial charge >= 0.3 is 0 Å². The first-order valence-electron chi connectivity index (χ1n) is 5.04. The number of carbonyl (C=O) groups is 1. The van der Waals surface area contributed by atoms with Gasteiger partial charge < -0.3 is 4.90 Å². The van der Waals surface area contributed by atoms with Gasteiger partial charge in [-0.1, -0.05) is 13.8 Å². The van der Waals surface area contributed by atoms with Crippen molar-refractivity contribution >= 4 is 5.78 Å². The highest BCUT2D eigenvalue weighted by Gasteiger charge is 2.14. The number of hydrogen-bond donors (Lipinski definition) is 0. The lowest BCUT2D eigenvalue weighted by molar-refractivity contribution is -0.114. The number of carbonyl (C=O) groups excluding carboxylic acids is 1. The van der Waals surface area contributed by atoms with Crippen LogP contribution in [0.5, 0.6) is 0 Å². The van der Waals surface area contributed by atoms with Crippen LogP contribution in [-0.4, -0.2) is 24.3 Å². The standard InChI is InChI=1S/C11H19NO/c1-9(2)6-7-12(3)10-4-5-11(13)8-10/h8-9H,4-7H2,1-3H3. The molecule has 0 saturated heterocycles. The quantitative estimate of drug-likeness (QED) is 0.662. The van der Waals surface area contributed by atoms with Gasteiger partial charge in [-0.2, -0.15) is 0 Å². The minimum atomic E-state index is 0.284. The molecule has 1 aliphatic carbocycles. The highest BCUT2D eigenvalue weighted by Crippen LogP contribution is 2.18. The second-order valence-electron chi connectivity index (χ2n) is 4.21. The van der Waals surface area contributed by atoms with E-state index >= 15 is 0 Å². The van der Waals surface area contributed by atoms with E-state index in [4.69, 9.17) is 0 Å². The molecule has 0 atom stereocenters. The van der Waals surface area contributed by atoms with Crippen LogP contribution in [0.3, 0.4) is 0 Å². The van der Waals surface area contributed by atoms with E-state index in [-0.39, 0.29) is 5.78 Å². The largest absolute Gasteiger partial charge is 0.378 e. The SMILES string of the molecule is CC(C)CCN(C)C1=CC(=O)CC1. The Kier molecular flexibility index (Phi) is 3.52. The molecule has 13 heavy (non-hydrogen) atoms. The Morgan fingerprint density at radius 3 is 2.62 bits per heavy atom. The molecule has 0 fully saturated rings. The van der Waals surface area contributed by atoms with Gasteiger partial charge in [0.15, 0.2) is 5.78 Å². The summed E-state index contributed by atoms with van der Waals surface area (Å²) in [5, 5.41) is 0. The Balaban J connectivity index is 2.35. The fourth-order valence-corrected chi connectivity index (χ4v) is 1.48. The topological polar surface area (TPSA) is 20.3 Å². The lowest BCUT2D eigenvalue weighted by Crippen LogP contribution is -2.19. The zero-order valence-corrected chi connectivity index (χ0v) is 8.84. The normalized spacial score (nSPS) is 16.6. The van der Waals surface area contributed by atoms with Gasteiger partial charge in [-0.05, 0) is 18.8 Å². The molecule has 2 heteroatoms. The summed E-state index contributed by atoms with van der Waals surface area (Å²) in [6.07, 6.45) is 4.64. The van der Waals surface area contributed by atoms with Gasteiger partial charge in [0.1, 0.15) is 0 Å². The first-order valence-corrected chi connectivity index (χ1v) is 5.04. The minimum absolute atomic E-state index is 0.284. The van der Waals surface area contributed by atoms with Crippen molar-refractivity contribution in [2.45, 2.75) is 33.1 Å². The van der Waals surface area contributed by atoms with Crippen LogP contribution in [0.2, 0.25) is 0 Å². The van der Waals surface area contributed by atoms with Crippen LogP contribution in [0.15, 0.2) is 11.8 Å². The fourth-order valence-electron chi connectivity index (χ4n) is 1.48. The Morgan fingerprint density at radius 2 is 2.15 bits per heavy atom. The molecule has 0 saturated carbocycles. The predicted octanol–water partition coefficient (Wildman–Crippen LogP) is 2.21. The molecule has 0 aromatic heterocycles. The Morgan fingerprint density at radius 1 is 1.46 bits per heavy atom. The lowest BCUT2D eigenvalue weighted by atomic mass is 10.1. The van der Waals surface area contributed by atoms with Gasteiger partial charge in [0, 0.05) is 31.8 Å². The van der Waals surface area contributed by atoms with Crippen molar-refractivity contribution < 1.29 is 4.79 Å². The summed E-state index contributed by atoms with van der Waals surface area (Å²) >= 11 is 0. The lowest BCUT2D eigenvalue weighted by Gasteiger charge is -2.20. The first-order chi connectivity index (χ1) is 6.09. The molecule has 0 aliphatic heterocycles. The maximum atomic E-state index is 11.0. The molecule has 2 nitrogen and oxygen atoms in total. The van der Waals surface area contributed by atoms with E-state index in [9.17, 15) is 4.79 Å². The van der Waals surface area contributed by atoms with E-state index in [1.165, 1.54) is 12.1 Å². The molecule has 0 aromatic rings. The smallest absolute Gasteiger partial charge is 0.157 e. The molecule has 0 unspecified atom stereocenters. The van der Waals surface area contributed by atoms with Gasteiger partial charge in [0.2, 0.25) is 0 Å². The molecule has 0 spiro atoms. The van der Waals surface area contributed by atoms with Crippen molar-refractivity contribution in [3.8, 4) is 0 Å². The van der Waals surface area contributed by atoms with E-state index < -0.39 is 0 Å². The predicted molar refractivity (Wildman–Crippen MR) is 54.4 cm³/mol.